The number of hydrogen-bond acceptors (Lipinski definition) is 2. The maximum Gasteiger partial charge on any atom is 0.136 e. The Bertz CT molecular complexity index is 233. The Morgan fingerprint density at radius 3 is 3.08 bits per heavy atom. The van der Waals surface area contributed by atoms with Gasteiger partial charge < -0.3 is 5.73 Å². The van der Waals surface area contributed by atoms with E-state index in [9.17, 15) is 4.79 Å². The topological polar surface area (TPSA) is 55.5 Å². The molecule has 0 aliphatic heterocycles. The molecule has 0 amide bonds. The molecular weight excluding hydrogens is 164 g/mol. The number of nitrogens with two attached hydrogens (primary N) is 1. The number of ketones is 1. The fraction of sp³-hybridized carbons (Fsp3) is 0.600. The summed E-state index contributed by atoms with van der Waals surface area (Å²) in [7, 11) is 0. The summed E-state index contributed by atoms with van der Waals surface area (Å²) in [4.78, 5) is 15.3. The predicted octanol–water partition coefficient (Wildman–Crippen LogP) is 1.64. The van der Waals surface area contributed by atoms with Gasteiger partial charge in [-0.2, -0.15) is 0 Å². The Labute approximate surface area is 78.7 Å². The molecule has 13 heavy (non-hydrogen) atoms. The van der Waals surface area contributed by atoms with Crippen molar-refractivity contribution >= 4 is 12.1 Å². The fourth-order valence-corrected chi connectivity index (χ4v) is 1.71. The summed E-state index contributed by atoms with van der Waals surface area (Å²) in [5.41, 5.74) is 5.84. The molecule has 2 N–H and O–H groups in total. The lowest BCUT2D eigenvalue weighted by Gasteiger charge is -2.19. The number of carbonyl (C=O) groups is 1. The van der Waals surface area contributed by atoms with E-state index in [0.717, 1.165) is 25.7 Å². The van der Waals surface area contributed by atoms with Crippen molar-refractivity contribution in [2.75, 3.05) is 0 Å². The van der Waals surface area contributed by atoms with E-state index in [2.05, 4.69) is 11.6 Å². The highest BCUT2D eigenvalue weighted by Crippen LogP contribution is 2.25. The van der Waals surface area contributed by atoms with Crippen molar-refractivity contribution in [3.05, 3.63) is 12.3 Å². The molecule has 0 heterocycles. The summed E-state index contributed by atoms with van der Waals surface area (Å²) >= 11 is 0. The van der Waals surface area contributed by atoms with E-state index in [0.29, 0.717) is 17.9 Å². The summed E-state index contributed by atoms with van der Waals surface area (Å²) in [6, 6.07) is 0. The van der Waals surface area contributed by atoms with Crippen molar-refractivity contribution in [3.63, 3.8) is 0 Å². The molecule has 0 radical (unpaired) electrons. The first-order chi connectivity index (χ1) is 6.24. The van der Waals surface area contributed by atoms with E-state index in [1.54, 1.807) is 0 Å². The predicted molar refractivity (Wildman–Crippen MR) is 53.4 cm³/mol. The van der Waals surface area contributed by atoms with Crippen LogP contribution in [0.25, 0.3) is 0 Å². The van der Waals surface area contributed by atoms with Crippen LogP contribution in [0, 0.1) is 5.92 Å². The Hall–Kier alpha value is -1.12. The van der Waals surface area contributed by atoms with E-state index in [-0.39, 0.29) is 5.92 Å². The molecule has 1 atom stereocenters. The van der Waals surface area contributed by atoms with Gasteiger partial charge in [0.15, 0.2) is 0 Å². The van der Waals surface area contributed by atoms with Gasteiger partial charge in [0.1, 0.15) is 5.78 Å². The third-order valence-electron chi connectivity index (χ3n) is 2.42. The number of carbonyl (C=O) groups excluding carboxylic acids is 1. The van der Waals surface area contributed by atoms with E-state index >= 15 is 0 Å². The van der Waals surface area contributed by atoms with Gasteiger partial charge in [0.05, 0.1) is 6.34 Å². The van der Waals surface area contributed by atoms with Crippen LogP contribution < -0.4 is 5.73 Å². The molecular formula is C10H16N2O. The first kappa shape index (κ1) is 9.96. The van der Waals surface area contributed by atoms with Gasteiger partial charge >= 0.3 is 0 Å². The molecule has 1 aliphatic rings. The van der Waals surface area contributed by atoms with Crippen LogP contribution in [0.15, 0.2) is 17.3 Å². The molecule has 1 saturated carbocycles. The van der Waals surface area contributed by atoms with Gasteiger partial charge in [-0.25, -0.2) is 4.99 Å². The first-order valence-corrected chi connectivity index (χ1v) is 4.69. The van der Waals surface area contributed by atoms with Crippen molar-refractivity contribution in [2.45, 2.75) is 32.1 Å². The van der Waals surface area contributed by atoms with Gasteiger partial charge in [-0.3, -0.25) is 4.79 Å². The number of rotatable bonds is 3. The van der Waals surface area contributed by atoms with Crippen LogP contribution in [0.4, 0.5) is 0 Å². The van der Waals surface area contributed by atoms with Crippen molar-refractivity contribution < 1.29 is 4.79 Å². The van der Waals surface area contributed by atoms with Crippen LogP contribution >= 0.6 is 0 Å². The quantitative estimate of drug-likeness (QED) is 0.530. The van der Waals surface area contributed by atoms with Gasteiger partial charge in [-0.05, 0) is 19.3 Å². The SMILES string of the molecule is C=C(CC1CCCCC1=O)N=CN. The minimum atomic E-state index is 0.143. The number of nitrogens with zero attached hydrogens (tertiary/aromatic N) is 1. The van der Waals surface area contributed by atoms with Gasteiger partial charge in [-0.15, -0.1) is 0 Å². The average molecular weight is 180 g/mol. The Kier molecular flexibility index (Phi) is 3.68. The minimum Gasteiger partial charge on any atom is -0.390 e. The normalized spacial score (nSPS) is 23.7. The first-order valence-electron chi connectivity index (χ1n) is 4.69. The highest BCUT2D eigenvalue weighted by atomic mass is 16.1. The van der Waals surface area contributed by atoms with E-state index in [4.69, 9.17) is 5.73 Å². The molecule has 0 aromatic heterocycles. The third-order valence-corrected chi connectivity index (χ3v) is 2.42. The van der Waals surface area contributed by atoms with Crippen molar-refractivity contribution in [2.24, 2.45) is 16.6 Å². The van der Waals surface area contributed by atoms with E-state index in [1.807, 2.05) is 0 Å². The molecule has 0 aromatic carbocycles. The molecule has 0 bridgehead atoms. The van der Waals surface area contributed by atoms with Crippen LogP contribution in [0.3, 0.4) is 0 Å². The largest absolute Gasteiger partial charge is 0.390 e. The van der Waals surface area contributed by atoms with Crippen molar-refractivity contribution in [3.8, 4) is 0 Å². The highest BCUT2D eigenvalue weighted by Gasteiger charge is 2.22. The fourth-order valence-electron chi connectivity index (χ4n) is 1.71. The van der Waals surface area contributed by atoms with Gasteiger partial charge in [0, 0.05) is 18.0 Å². The molecule has 1 rings (SSSR count). The summed E-state index contributed by atoms with van der Waals surface area (Å²) in [6.45, 7) is 3.74. The molecule has 1 fully saturated rings. The Balaban J connectivity index is 2.42. The minimum absolute atomic E-state index is 0.143. The summed E-state index contributed by atoms with van der Waals surface area (Å²) in [5, 5.41) is 0. The maximum absolute atomic E-state index is 11.4. The zero-order valence-electron chi connectivity index (χ0n) is 7.83. The van der Waals surface area contributed by atoms with Crippen LogP contribution in [-0.4, -0.2) is 12.1 Å². The second kappa shape index (κ2) is 4.80. The number of Topliss-reactive ketones (excluding diaryl/α,β-unsaturated/α-hetero) is 1. The second-order valence-corrected chi connectivity index (χ2v) is 3.46. The molecule has 0 spiro atoms. The van der Waals surface area contributed by atoms with E-state index < -0.39 is 0 Å². The Morgan fingerprint density at radius 1 is 1.69 bits per heavy atom. The smallest absolute Gasteiger partial charge is 0.136 e. The third kappa shape index (κ3) is 3.01. The van der Waals surface area contributed by atoms with Crippen LogP contribution in [-0.2, 0) is 4.79 Å². The summed E-state index contributed by atoms with van der Waals surface area (Å²) in [6.07, 6.45) is 5.81. The second-order valence-electron chi connectivity index (χ2n) is 3.46. The monoisotopic (exact) mass is 180 g/mol. The molecule has 1 aliphatic carbocycles. The lowest BCUT2D eigenvalue weighted by Crippen LogP contribution is -2.19. The highest BCUT2D eigenvalue weighted by molar-refractivity contribution is 5.81. The standard InChI is InChI=1S/C10H16N2O/c1-8(12-7-11)6-9-4-2-3-5-10(9)13/h7,9H,1-6H2,(H2,11,12). The van der Waals surface area contributed by atoms with Crippen LogP contribution in [0.5, 0.6) is 0 Å². The molecule has 3 nitrogen and oxygen atoms in total. The maximum atomic E-state index is 11.4. The summed E-state index contributed by atoms with van der Waals surface area (Å²) < 4.78 is 0. The van der Waals surface area contributed by atoms with Gasteiger partial charge in [-0.1, -0.05) is 13.0 Å². The molecule has 3 heteroatoms. The average Bonchev–Trinajstić information content (AvgIpc) is 2.09. The molecule has 0 saturated heterocycles. The number of allylic oxidation sites excluding steroid dienone is 1. The Morgan fingerprint density at radius 2 is 2.46 bits per heavy atom. The lowest BCUT2D eigenvalue weighted by molar-refractivity contribution is -0.124. The lowest BCUT2D eigenvalue weighted by atomic mass is 9.85. The number of hydrogen-bond donors (Lipinski definition) is 1. The van der Waals surface area contributed by atoms with Crippen molar-refractivity contribution in [1.29, 1.82) is 0 Å². The van der Waals surface area contributed by atoms with Crippen molar-refractivity contribution in [1.82, 2.24) is 0 Å². The van der Waals surface area contributed by atoms with Gasteiger partial charge in [0.25, 0.3) is 0 Å². The van der Waals surface area contributed by atoms with E-state index in [1.165, 1.54) is 6.34 Å². The zero-order valence-corrected chi connectivity index (χ0v) is 7.83. The van der Waals surface area contributed by atoms with Crippen LogP contribution in [0.1, 0.15) is 32.1 Å². The molecule has 0 aromatic rings. The molecule has 72 valence electrons. The number of aliphatic imine (C=N–C) groups is 1. The van der Waals surface area contributed by atoms with Gasteiger partial charge in [0.2, 0.25) is 0 Å². The molecule has 1 unspecified atom stereocenters. The van der Waals surface area contributed by atoms with Crippen LogP contribution in [0.2, 0.25) is 0 Å². The zero-order chi connectivity index (χ0) is 9.68. The summed E-state index contributed by atoms with van der Waals surface area (Å²) in [5.74, 6) is 0.504.